The summed E-state index contributed by atoms with van der Waals surface area (Å²) >= 11 is 0. The monoisotopic (exact) mass is 386 g/mol. The smallest absolute Gasteiger partial charge is 0.439 e. The molecule has 148 valence electrons. The van der Waals surface area contributed by atoms with E-state index < -0.39 is 23.7 Å². The number of amides is 1. The van der Waals surface area contributed by atoms with Crippen molar-refractivity contribution in [2.45, 2.75) is 38.1 Å². The van der Waals surface area contributed by atoms with E-state index in [2.05, 4.69) is 5.10 Å². The van der Waals surface area contributed by atoms with Crippen LogP contribution in [0.3, 0.4) is 0 Å². The predicted octanol–water partition coefficient (Wildman–Crippen LogP) is 3.20. The van der Waals surface area contributed by atoms with Crippen LogP contribution in [0, 0.1) is 11.8 Å². The highest BCUT2D eigenvalue weighted by atomic mass is 19.4. The van der Waals surface area contributed by atoms with Crippen molar-refractivity contribution in [1.82, 2.24) is 5.01 Å². The lowest BCUT2D eigenvalue weighted by Gasteiger charge is -2.39. The molecular formula is C18H21F3N2O4. The molecule has 0 radical (unpaired) electrons. The van der Waals surface area contributed by atoms with Crippen LogP contribution in [0.15, 0.2) is 23.3 Å². The Bertz CT molecular complexity index is 780. The summed E-state index contributed by atoms with van der Waals surface area (Å²) in [6.07, 6.45) is -3.95. The van der Waals surface area contributed by atoms with E-state index in [1.807, 2.05) is 6.92 Å². The van der Waals surface area contributed by atoms with Crippen molar-refractivity contribution in [1.29, 1.82) is 0 Å². The number of ether oxygens (including phenoxy) is 2. The van der Waals surface area contributed by atoms with Gasteiger partial charge in [0.05, 0.1) is 20.1 Å². The van der Waals surface area contributed by atoms with E-state index in [4.69, 9.17) is 9.47 Å². The quantitative estimate of drug-likeness (QED) is 0.866. The second-order valence-electron chi connectivity index (χ2n) is 6.93. The molecule has 1 aromatic rings. The maximum absolute atomic E-state index is 13.9. The van der Waals surface area contributed by atoms with E-state index >= 15 is 0 Å². The van der Waals surface area contributed by atoms with E-state index in [-0.39, 0.29) is 34.4 Å². The molecule has 1 heterocycles. The minimum absolute atomic E-state index is 0.000965. The number of hydrogen-bond acceptors (Lipinski definition) is 5. The first-order chi connectivity index (χ1) is 12.6. The van der Waals surface area contributed by atoms with E-state index in [1.165, 1.54) is 32.4 Å². The Morgan fingerprint density at radius 2 is 1.96 bits per heavy atom. The van der Waals surface area contributed by atoms with E-state index in [0.717, 1.165) is 0 Å². The largest absolute Gasteiger partial charge is 0.493 e. The van der Waals surface area contributed by atoms with Crippen molar-refractivity contribution < 1.29 is 32.5 Å². The molecule has 1 aliphatic carbocycles. The van der Waals surface area contributed by atoms with Gasteiger partial charge in [-0.25, -0.2) is 0 Å². The minimum atomic E-state index is -5.05. The maximum Gasteiger partial charge on any atom is 0.439 e. The van der Waals surface area contributed by atoms with Crippen molar-refractivity contribution in [3.8, 4) is 11.5 Å². The SMILES string of the molecule is COc1ccc(C(=O)N2N=C3CC[C@H](C)C[C@@H]3[C@]2(O)C(F)(F)F)cc1OC. The van der Waals surface area contributed by atoms with Crippen LogP contribution in [-0.2, 0) is 0 Å². The Labute approximate surface area is 154 Å². The molecule has 1 fully saturated rings. The lowest BCUT2D eigenvalue weighted by atomic mass is 9.76. The van der Waals surface area contributed by atoms with Crippen LogP contribution in [-0.4, -0.2) is 47.9 Å². The first-order valence-electron chi connectivity index (χ1n) is 8.56. The van der Waals surface area contributed by atoms with Gasteiger partial charge in [-0.2, -0.15) is 23.3 Å². The number of hydrazone groups is 1. The highest BCUT2D eigenvalue weighted by Gasteiger charge is 2.68. The van der Waals surface area contributed by atoms with E-state index in [1.54, 1.807) is 0 Å². The number of benzene rings is 1. The lowest BCUT2D eigenvalue weighted by Crippen LogP contribution is -2.61. The predicted molar refractivity (Wildman–Crippen MR) is 90.7 cm³/mol. The minimum Gasteiger partial charge on any atom is -0.493 e. The summed E-state index contributed by atoms with van der Waals surface area (Å²) in [4.78, 5) is 12.9. The fraction of sp³-hybridized carbons (Fsp3) is 0.556. The summed E-state index contributed by atoms with van der Waals surface area (Å²) in [5.41, 5.74) is -3.24. The van der Waals surface area contributed by atoms with Gasteiger partial charge in [-0.05, 0) is 43.4 Å². The molecule has 1 saturated carbocycles. The van der Waals surface area contributed by atoms with Crippen molar-refractivity contribution in [3.63, 3.8) is 0 Å². The average Bonchev–Trinajstić information content (AvgIpc) is 2.94. The zero-order chi connectivity index (χ0) is 20.0. The second-order valence-corrected chi connectivity index (χ2v) is 6.93. The third kappa shape index (κ3) is 3.03. The molecule has 27 heavy (non-hydrogen) atoms. The van der Waals surface area contributed by atoms with Gasteiger partial charge in [-0.3, -0.25) is 4.79 Å². The van der Waals surface area contributed by atoms with E-state index in [0.29, 0.717) is 18.6 Å². The number of carbonyl (C=O) groups excluding carboxylic acids is 1. The van der Waals surface area contributed by atoms with Gasteiger partial charge in [-0.15, -0.1) is 0 Å². The normalized spacial score (nSPS) is 27.8. The first kappa shape index (κ1) is 19.5. The summed E-state index contributed by atoms with van der Waals surface area (Å²) in [5, 5.41) is 14.8. The molecule has 3 atom stereocenters. The number of alkyl halides is 3. The van der Waals surface area contributed by atoms with Crippen LogP contribution in [0.1, 0.15) is 36.5 Å². The number of rotatable bonds is 3. The van der Waals surface area contributed by atoms with Gasteiger partial charge < -0.3 is 14.6 Å². The van der Waals surface area contributed by atoms with Crippen LogP contribution in [0.4, 0.5) is 13.2 Å². The third-order valence-corrected chi connectivity index (χ3v) is 5.21. The number of carbonyl (C=O) groups is 1. The molecule has 6 nitrogen and oxygen atoms in total. The summed E-state index contributed by atoms with van der Waals surface area (Å²) in [5.74, 6) is -1.79. The molecule has 0 saturated heterocycles. The zero-order valence-electron chi connectivity index (χ0n) is 15.2. The number of halogens is 3. The number of nitrogens with zero attached hydrogens (tertiary/aromatic N) is 2. The van der Waals surface area contributed by atoms with Crippen LogP contribution >= 0.6 is 0 Å². The number of fused-ring (bicyclic) bond motifs is 1. The molecule has 1 N–H and O–H groups in total. The zero-order valence-corrected chi connectivity index (χ0v) is 15.2. The van der Waals surface area contributed by atoms with Gasteiger partial charge >= 0.3 is 6.18 Å². The molecule has 1 aromatic carbocycles. The third-order valence-electron chi connectivity index (χ3n) is 5.21. The van der Waals surface area contributed by atoms with Gasteiger partial charge in [0.15, 0.2) is 11.5 Å². The van der Waals surface area contributed by atoms with Crippen molar-refractivity contribution >= 4 is 11.6 Å². The van der Waals surface area contributed by atoms with Crippen LogP contribution < -0.4 is 9.47 Å². The Morgan fingerprint density at radius 3 is 2.56 bits per heavy atom. The maximum atomic E-state index is 13.9. The highest BCUT2D eigenvalue weighted by molar-refractivity contribution is 5.99. The van der Waals surface area contributed by atoms with Crippen LogP contribution in [0.5, 0.6) is 11.5 Å². The Hall–Kier alpha value is -2.29. The van der Waals surface area contributed by atoms with Crippen LogP contribution in [0.25, 0.3) is 0 Å². The molecule has 0 bridgehead atoms. The molecule has 1 aliphatic heterocycles. The molecule has 3 rings (SSSR count). The van der Waals surface area contributed by atoms with Gasteiger partial charge in [-0.1, -0.05) is 6.92 Å². The van der Waals surface area contributed by atoms with Gasteiger partial charge in [0, 0.05) is 11.3 Å². The summed E-state index contributed by atoms with van der Waals surface area (Å²) < 4.78 is 51.8. The molecular weight excluding hydrogens is 365 g/mol. The molecule has 2 aliphatic rings. The summed E-state index contributed by atoms with van der Waals surface area (Å²) in [6.45, 7) is 1.83. The molecule has 0 spiro atoms. The molecule has 0 unspecified atom stereocenters. The molecule has 9 heteroatoms. The fourth-order valence-electron chi connectivity index (χ4n) is 3.70. The Morgan fingerprint density at radius 1 is 1.30 bits per heavy atom. The standard InChI is InChI=1S/C18H21F3N2O4/c1-10-4-6-13-12(8-10)17(25,18(19,20)21)23(22-13)16(24)11-5-7-14(26-2)15(9-11)27-3/h5,7,9-10,12,25H,4,6,8H2,1-3H3/t10-,12-,17-/m0/s1. The van der Waals surface area contributed by atoms with E-state index in [9.17, 15) is 23.1 Å². The van der Waals surface area contributed by atoms with Crippen LogP contribution in [0.2, 0.25) is 0 Å². The summed E-state index contributed by atoms with van der Waals surface area (Å²) in [6, 6.07) is 3.99. The number of hydrogen-bond donors (Lipinski definition) is 1. The van der Waals surface area contributed by atoms with Crippen molar-refractivity contribution in [3.05, 3.63) is 23.8 Å². The van der Waals surface area contributed by atoms with Crippen molar-refractivity contribution in [2.24, 2.45) is 16.9 Å². The lowest BCUT2D eigenvalue weighted by molar-refractivity contribution is -0.313. The molecule has 0 aromatic heterocycles. The second kappa shape index (κ2) is 6.70. The fourth-order valence-corrected chi connectivity index (χ4v) is 3.70. The Kier molecular flexibility index (Phi) is 4.83. The highest BCUT2D eigenvalue weighted by Crippen LogP contribution is 2.49. The molecule has 1 amide bonds. The van der Waals surface area contributed by atoms with Gasteiger partial charge in [0.1, 0.15) is 0 Å². The number of methoxy groups -OCH3 is 2. The van der Waals surface area contributed by atoms with Gasteiger partial charge in [0.2, 0.25) is 0 Å². The Balaban J connectivity index is 2.03. The topological polar surface area (TPSA) is 71.4 Å². The first-order valence-corrected chi connectivity index (χ1v) is 8.56. The number of aliphatic hydroxyl groups is 1. The van der Waals surface area contributed by atoms with Gasteiger partial charge in [0.25, 0.3) is 11.6 Å². The van der Waals surface area contributed by atoms with Crippen molar-refractivity contribution in [2.75, 3.05) is 14.2 Å². The summed E-state index contributed by atoms with van der Waals surface area (Å²) in [7, 11) is 2.75. The average molecular weight is 386 g/mol.